The standard InChI is InChI=1S/C12H12N2O4S/c1-8-12(15)18-11(13-8)9-5-4-6-10(7-9)19(16,17)14(2)3/h4-7H,1H2,2-3H3. The number of esters is 1. The molecule has 0 saturated carbocycles. The van der Waals surface area contributed by atoms with Crippen molar-refractivity contribution in [2.24, 2.45) is 4.99 Å². The summed E-state index contributed by atoms with van der Waals surface area (Å²) in [5.41, 5.74) is 0.408. The molecule has 0 N–H and O–H groups in total. The van der Waals surface area contributed by atoms with Gasteiger partial charge in [-0.15, -0.1) is 0 Å². The second kappa shape index (κ2) is 4.60. The third-order valence-electron chi connectivity index (χ3n) is 2.52. The van der Waals surface area contributed by atoms with Crippen LogP contribution in [0.4, 0.5) is 0 Å². The summed E-state index contributed by atoms with van der Waals surface area (Å²) in [6.07, 6.45) is 0. The predicted molar refractivity (Wildman–Crippen MR) is 69.1 cm³/mol. The van der Waals surface area contributed by atoms with Gasteiger partial charge in [0.05, 0.1) is 4.90 Å². The lowest BCUT2D eigenvalue weighted by Gasteiger charge is -2.11. The van der Waals surface area contributed by atoms with Crippen LogP contribution in [0.15, 0.2) is 46.4 Å². The van der Waals surface area contributed by atoms with Gasteiger partial charge in [0.15, 0.2) is 0 Å². The highest BCUT2D eigenvalue weighted by molar-refractivity contribution is 7.89. The zero-order valence-electron chi connectivity index (χ0n) is 10.5. The van der Waals surface area contributed by atoms with Crippen molar-refractivity contribution in [3.8, 4) is 0 Å². The van der Waals surface area contributed by atoms with Crippen molar-refractivity contribution < 1.29 is 17.9 Å². The van der Waals surface area contributed by atoms with Gasteiger partial charge in [-0.2, -0.15) is 0 Å². The Morgan fingerprint density at radius 2 is 2.00 bits per heavy atom. The first-order chi connectivity index (χ1) is 8.82. The van der Waals surface area contributed by atoms with Crippen molar-refractivity contribution >= 4 is 21.9 Å². The Morgan fingerprint density at radius 3 is 2.53 bits per heavy atom. The number of benzene rings is 1. The van der Waals surface area contributed by atoms with Gasteiger partial charge in [-0.3, -0.25) is 0 Å². The molecule has 0 fully saturated rings. The fourth-order valence-electron chi connectivity index (χ4n) is 1.46. The number of hydrogen-bond donors (Lipinski definition) is 0. The number of hydrogen-bond acceptors (Lipinski definition) is 5. The fourth-order valence-corrected chi connectivity index (χ4v) is 2.41. The summed E-state index contributed by atoms with van der Waals surface area (Å²) < 4.78 is 30.0. The van der Waals surface area contributed by atoms with Crippen LogP contribution in [0.25, 0.3) is 0 Å². The number of carbonyl (C=O) groups is 1. The molecule has 0 aliphatic carbocycles. The summed E-state index contributed by atoms with van der Waals surface area (Å²) in [7, 11) is -0.658. The van der Waals surface area contributed by atoms with Crippen LogP contribution in [0.3, 0.4) is 0 Å². The Labute approximate surface area is 111 Å². The van der Waals surface area contributed by atoms with E-state index in [9.17, 15) is 13.2 Å². The monoisotopic (exact) mass is 280 g/mol. The normalized spacial score (nSPS) is 15.6. The fraction of sp³-hybridized carbons (Fsp3) is 0.167. The summed E-state index contributed by atoms with van der Waals surface area (Å²) in [5.74, 6) is -0.568. The molecule has 19 heavy (non-hydrogen) atoms. The lowest BCUT2D eigenvalue weighted by atomic mass is 10.2. The number of rotatable bonds is 3. The number of sulfonamides is 1. The van der Waals surface area contributed by atoms with Crippen LogP contribution in [0.2, 0.25) is 0 Å². The molecular weight excluding hydrogens is 268 g/mol. The van der Waals surface area contributed by atoms with Crippen LogP contribution in [0.5, 0.6) is 0 Å². The molecule has 1 heterocycles. The van der Waals surface area contributed by atoms with E-state index in [1.807, 2.05) is 0 Å². The van der Waals surface area contributed by atoms with E-state index in [-0.39, 0.29) is 16.5 Å². The molecule has 100 valence electrons. The molecule has 0 saturated heterocycles. The van der Waals surface area contributed by atoms with Gasteiger partial charge in [0.25, 0.3) is 0 Å². The molecule has 7 heteroatoms. The second-order valence-corrected chi connectivity index (χ2v) is 6.22. The van der Waals surface area contributed by atoms with E-state index in [0.717, 1.165) is 4.31 Å². The van der Waals surface area contributed by atoms with Gasteiger partial charge in [-0.1, -0.05) is 12.6 Å². The molecule has 1 aromatic rings. The zero-order valence-corrected chi connectivity index (χ0v) is 11.3. The van der Waals surface area contributed by atoms with Crippen LogP contribution in [-0.4, -0.2) is 38.7 Å². The van der Waals surface area contributed by atoms with Gasteiger partial charge >= 0.3 is 5.97 Å². The quantitative estimate of drug-likeness (QED) is 0.605. The van der Waals surface area contributed by atoms with Crippen LogP contribution in [-0.2, 0) is 19.6 Å². The van der Waals surface area contributed by atoms with Crippen LogP contribution in [0.1, 0.15) is 5.56 Å². The van der Waals surface area contributed by atoms with Gasteiger partial charge in [-0.25, -0.2) is 22.5 Å². The summed E-state index contributed by atoms with van der Waals surface area (Å²) in [6, 6.07) is 6.04. The third-order valence-corrected chi connectivity index (χ3v) is 4.33. The first kappa shape index (κ1) is 13.4. The zero-order chi connectivity index (χ0) is 14.2. The minimum Gasteiger partial charge on any atom is -0.402 e. The van der Waals surface area contributed by atoms with Gasteiger partial charge in [0.1, 0.15) is 5.70 Å². The maximum absolute atomic E-state index is 12.0. The highest BCUT2D eigenvalue weighted by Crippen LogP contribution is 2.19. The minimum absolute atomic E-state index is 0.00382. The Morgan fingerprint density at radius 1 is 1.32 bits per heavy atom. The van der Waals surface area contributed by atoms with Gasteiger partial charge < -0.3 is 4.74 Å². The van der Waals surface area contributed by atoms with Gasteiger partial charge in [-0.05, 0) is 18.2 Å². The molecule has 0 radical (unpaired) electrons. The lowest BCUT2D eigenvalue weighted by molar-refractivity contribution is -0.129. The number of nitrogens with zero attached hydrogens (tertiary/aromatic N) is 2. The summed E-state index contributed by atoms with van der Waals surface area (Å²) in [5, 5.41) is 0. The first-order valence-electron chi connectivity index (χ1n) is 5.35. The largest absolute Gasteiger partial charge is 0.402 e. The van der Waals surface area contributed by atoms with E-state index < -0.39 is 16.0 Å². The van der Waals surface area contributed by atoms with Crippen LogP contribution in [0, 0.1) is 0 Å². The molecule has 1 aliphatic rings. The molecule has 1 aliphatic heterocycles. The molecule has 6 nitrogen and oxygen atoms in total. The van der Waals surface area contributed by atoms with Crippen molar-refractivity contribution in [1.82, 2.24) is 4.31 Å². The Kier molecular flexibility index (Phi) is 3.25. The smallest absolute Gasteiger partial charge is 0.363 e. The Balaban J connectivity index is 2.45. The SMILES string of the molecule is C=C1N=C(c2cccc(S(=O)(=O)N(C)C)c2)OC1=O. The topological polar surface area (TPSA) is 76.0 Å². The molecule has 0 bridgehead atoms. The van der Waals surface area contributed by atoms with E-state index in [1.54, 1.807) is 12.1 Å². The summed E-state index contributed by atoms with van der Waals surface area (Å²) in [4.78, 5) is 15.1. The van der Waals surface area contributed by atoms with E-state index in [4.69, 9.17) is 4.74 Å². The average Bonchev–Trinajstić information content (AvgIpc) is 2.70. The van der Waals surface area contributed by atoms with Crippen molar-refractivity contribution in [2.45, 2.75) is 4.90 Å². The first-order valence-corrected chi connectivity index (χ1v) is 6.79. The molecule has 0 amide bonds. The van der Waals surface area contributed by atoms with E-state index in [2.05, 4.69) is 11.6 Å². The van der Waals surface area contributed by atoms with E-state index in [0.29, 0.717) is 5.56 Å². The van der Waals surface area contributed by atoms with Gasteiger partial charge in [0, 0.05) is 19.7 Å². The summed E-state index contributed by atoms with van der Waals surface area (Å²) in [6.45, 7) is 3.42. The highest BCUT2D eigenvalue weighted by Gasteiger charge is 2.24. The average molecular weight is 280 g/mol. The lowest BCUT2D eigenvalue weighted by Crippen LogP contribution is -2.22. The highest BCUT2D eigenvalue weighted by atomic mass is 32.2. The van der Waals surface area contributed by atoms with Gasteiger partial charge in [0.2, 0.25) is 15.9 Å². The van der Waals surface area contributed by atoms with E-state index >= 15 is 0 Å². The molecule has 1 aromatic carbocycles. The number of aliphatic imine (C=N–C) groups is 1. The van der Waals surface area contributed by atoms with Crippen LogP contribution >= 0.6 is 0 Å². The molecule has 2 rings (SSSR count). The number of cyclic esters (lactones) is 1. The Bertz CT molecular complexity index is 689. The van der Waals surface area contributed by atoms with E-state index in [1.165, 1.54) is 26.2 Å². The maximum atomic E-state index is 12.0. The molecule has 0 unspecified atom stereocenters. The van der Waals surface area contributed by atoms with Crippen molar-refractivity contribution in [1.29, 1.82) is 0 Å². The predicted octanol–water partition coefficient (Wildman–Crippen LogP) is 0.754. The minimum atomic E-state index is -3.54. The molecule has 0 atom stereocenters. The van der Waals surface area contributed by atoms with Crippen molar-refractivity contribution in [3.63, 3.8) is 0 Å². The molecular formula is C12H12N2O4S. The number of ether oxygens (including phenoxy) is 1. The maximum Gasteiger partial charge on any atom is 0.363 e. The number of carbonyl (C=O) groups excluding carboxylic acids is 1. The summed E-state index contributed by atoms with van der Waals surface area (Å²) >= 11 is 0. The van der Waals surface area contributed by atoms with Crippen molar-refractivity contribution in [2.75, 3.05) is 14.1 Å². The van der Waals surface area contributed by atoms with Crippen LogP contribution < -0.4 is 0 Å². The Hall–Kier alpha value is -1.99. The molecule has 0 spiro atoms. The van der Waals surface area contributed by atoms with Crippen molar-refractivity contribution in [3.05, 3.63) is 42.1 Å². The third kappa shape index (κ3) is 2.42. The second-order valence-electron chi connectivity index (χ2n) is 4.07. The molecule has 0 aromatic heterocycles.